The summed E-state index contributed by atoms with van der Waals surface area (Å²) < 4.78 is 0. The molecule has 1 fully saturated rings. The first-order valence-electron chi connectivity index (χ1n) is 5.69. The summed E-state index contributed by atoms with van der Waals surface area (Å²) in [5.41, 5.74) is 0. The van der Waals surface area contributed by atoms with Gasteiger partial charge in [0.25, 0.3) is 0 Å². The Morgan fingerprint density at radius 1 is 1.64 bits per heavy atom. The molecule has 0 bridgehead atoms. The van der Waals surface area contributed by atoms with E-state index in [1.165, 1.54) is 25.8 Å². The second-order valence-electron chi connectivity index (χ2n) is 4.13. The molecule has 0 aromatic carbocycles. The number of terminal acetylenes is 1. The maximum absolute atomic E-state index is 5.20. The van der Waals surface area contributed by atoms with Crippen molar-refractivity contribution in [3.63, 3.8) is 0 Å². The van der Waals surface area contributed by atoms with E-state index in [0.29, 0.717) is 12.6 Å². The van der Waals surface area contributed by atoms with Crippen LogP contribution in [0.5, 0.6) is 0 Å². The number of hydrogen-bond donors (Lipinski definition) is 1. The van der Waals surface area contributed by atoms with Crippen molar-refractivity contribution < 1.29 is 0 Å². The maximum Gasteiger partial charge on any atom is 0.0574 e. The fraction of sp³-hybridized carbons (Fsp3) is 0.833. The molecule has 2 heteroatoms. The van der Waals surface area contributed by atoms with Gasteiger partial charge in [-0.3, -0.25) is 4.90 Å². The molecule has 2 nitrogen and oxygen atoms in total. The Hall–Kier alpha value is -0.520. The van der Waals surface area contributed by atoms with E-state index >= 15 is 0 Å². The molecule has 1 saturated heterocycles. The highest BCUT2D eigenvalue weighted by Crippen LogP contribution is 2.21. The number of nitrogens with zero attached hydrogens (tertiary/aromatic N) is 1. The van der Waals surface area contributed by atoms with E-state index in [0.717, 1.165) is 12.6 Å². The van der Waals surface area contributed by atoms with E-state index < -0.39 is 0 Å². The van der Waals surface area contributed by atoms with Gasteiger partial charge in [-0.05, 0) is 32.7 Å². The SMILES string of the molecule is C#CCNCC(C)N1CCCC1CC. The van der Waals surface area contributed by atoms with Gasteiger partial charge in [0.05, 0.1) is 6.54 Å². The Morgan fingerprint density at radius 3 is 3.07 bits per heavy atom. The normalized spacial score (nSPS) is 24.8. The molecule has 0 amide bonds. The lowest BCUT2D eigenvalue weighted by Crippen LogP contribution is -2.43. The first-order valence-corrected chi connectivity index (χ1v) is 5.69. The zero-order valence-electron chi connectivity index (χ0n) is 9.42. The molecule has 1 rings (SSSR count). The van der Waals surface area contributed by atoms with Crippen LogP contribution < -0.4 is 5.32 Å². The van der Waals surface area contributed by atoms with E-state index in [1.807, 2.05) is 0 Å². The van der Waals surface area contributed by atoms with Crippen LogP contribution >= 0.6 is 0 Å². The van der Waals surface area contributed by atoms with Crippen LogP contribution in [0.25, 0.3) is 0 Å². The first kappa shape index (κ1) is 11.6. The highest BCUT2D eigenvalue weighted by atomic mass is 15.2. The van der Waals surface area contributed by atoms with Crippen LogP contribution in [0.1, 0.15) is 33.1 Å². The van der Waals surface area contributed by atoms with Crippen molar-refractivity contribution in [2.24, 2.45) is 0 Å². The molecule has 1 heterocycles. The van der Waals surface area contributed by atoms with Gasteiger partial charge in [-0.25, -0.2) is 0 Å². The number of rotatable bonds is 5. The van der Waals surface area contributed by atoms with E-state index in [1.54, 1.807) is 0 Å². The lowest BCUT2D eigenvalue weighted by atomic mass is 10.1. The molecular formula is C12H22N2. The van der Waals surface area contributed by atoms with Gasteiger partial charge >= 0.3 is 0 Å². The van der Waals surface area contributed by atoms with Crippen molar-refractivity contribution >= 4 is 0 Å². The van der Waals surface area contributed by atoms with Gasteiger partial charge < -0.3 is 5.32 Å². The van der Waals surface area contributed by atoms with Gasteiger partial charge in [0.15, 0.2) is 0 Å². The van der Waals surface area contributed by atoms with Crippen molar-refractivity contribution in [3.8, 4) is 12.3 Å². The smallest absolute Gasteiger partial charge is 0.0574 e. The molecule has 1 aliphatic heterocycles. The predicted octanol–water partition coefficient (Wildman–Crippen LogP) is 1.47. The Balaban J connectivity index is 2.28. The van der Waals surface area contributed by atoms with Crippen molar-refractivity contribution in [1.82, 2.24) is 10.2 Å². The maximum atomic E-state index is 5.20. The van der Waals surface area contributed by atoms with Gasteiger partial charge in [0.2, 0.25) is 0 Å². The summed E-state index contributed by atoms with van der Waals surface area (Å²) in [6.45, 7) is 7.54. The average molecular weight is 194 g/mol. The molecule has 0 spiro atoms. The largest absolute Gasteiger partial charge is 0.305 e. The number of likely N-dealkylation sites (tertiary alicyclic amines) is 1. The van der Waals surface area contributed by atoms with Crippen molar-refractivity contribution in [2.45, 2.75) is 45.2 Å². The number of hydrogen-bond acceptors (Lipinski definition) is 2. The fourth-order valence-electron chi connectivity index (χ4n) is 2.35. The highest BCUT2D eigenvalue weighted by Gasteiger charge is 2.26. The Labute approximate surface area is 88.1 Å². The third-order valence-electron chi connectivity index (χ3n) is 3.13. The molecule has 1 aliphatic rings. The van der Waals surface area contributed by atoms with Crippen LogP contribution in [0.4, 0.5) is 0 Å². The van der Waals surface area contributed by atoms with E-state index in [9.17, 15) is 0 Å². The van der Waals surface area contributed by atoms with Crippen LogP contribution in [0.2, 0.25) is 0 Å². The predicted molar refractivity (Wildman–Crippen MR) is 61.2 cm³/mol. The summed E-state index contributed by atoms with van der Waals surface area (Å²) in [5.74, 6) is 2.61. The fourth-order valence-corrected chi connectivity index (χ4v) is 2.35. The quantitative estimate of drug-likeness (QED) is 0.527. The monoisotopic (exact) mass is 194 g/mol. The third-order valence-corrected chi connectivity index (χ3v) is 3.13. The molecule has 14 heavy (non-hydrogen) atoms. The average Bonchev–Trinajstić information content (AvgIpc) is 2.65. The molecule has 0 aromatic rings. The van der Waals surface area contributed by atoms with E-state index in [2.05, 4.69) is 30.0 Å². The summed E-state index contributed by atoms with van der Waals surface area (Å²) in [7, 11) is 0. The molecule has 0 aromatic heterocycles. The van der Waals surface area contributed by atoms with Gasteiger partial charge in [-0.15, -0.1) is 6.42 Å². The Morgan fingerprint density at radius 2 is 2.43 bits per heavy atom. The summed E-state index contributed by atoms with van der Waals surface area (Å²) in [5, 5.41) is 3.28. The van der Waals surface area contributed by atoms with Crippen LogP contribution in [-0.4, -0.2) is 36.6 Å². The minimum atomic E-state index is 0.621. The number of nitrogens with one attached hydrogen (secondary N) is 1. The molecule has 80 valence electrons. The van der Waals surface area contributed by atoms with Crippen LogP contribution in [0.3, 0.4) is 0 Å². The van der Waals surface area contributed by atoms with Crippen molar-refractivity contribution in [2.75, 3.05) is 19.6 Å². The Bertz CT molecular complexity index is 195. The minimum absolute atomic E-state index is 0.621. The molecule has 0 aliphatic carbocycles. The van der Waals surface area contributed by atoms with Gasteiger partial charge in [-0.1, -0.05) is 12.8 Å². The van der Waals surface area contributed by atoms with Crippen LogP contribution in [-0.2, 0) is 0 Å². The molecule has 2 unspecified atom stereocenters. The molecular weight excluding hydrogens is 172 g/mol. The summed E-state index contributed by atoms with van der Waals surface area (Å²) in [6, 6.07) is 1.42. The molecule has 2 atom stereocenters. The summed E-state index contributed by atoms with van der Waals surface area (Å²) in [4.78, 5) is 2.61. The van der Waals surface area contributed by atoms with Crippen LogP contribution in [0, 0.1) is 12.3 Å². The lowest BCUT2D eigenvalue weighted by Gasteiger charge is -2.30. The van der Waals surface area contributed by atoms with Gasteiger partial charge in [0.1, 0.15) is 0 Å². The first-order chi connectivity index (χ1) is 6.79. The Kier molecular flexibility index (Phi) is 5.00. The molecule has 1 N–H and O–H groups in total. The topological polar surface area (TPSA) is 15.3 Å². The van der Waals surface area contributed by atoms with Crippen LogP contribution in [0.15, 0.2) is 0 Å². The second-order valence-corrected chi connectivity index (χ2v) is 4.13. The zero-order valence-corrected chi connectivity index (χ0v) is 9.42. The van der Waals surface area contributed by atoms with Gasteiger partial charge in [0, 0.05) is 18.6 Å². The summed E-state index contributed by atoms with van der Waals surface area (Å²) >= 11 is 0. The van der Waals surface area contributed by atoms with E-state index in [-0.39, 0.29) is 0 Å². The standard InChI is InChI=1S/C12H22N2/c1-4-8-13-10-11(3)14-9-6-7-12(14)5-2/h1,11-13H,5-10H2,2-3H3. The third kappa shape index (κ3) is 3.01. The zero-order chi connectivity index (χ0) is 10.4. The second kappa shape index (κ2) is 6.06. The molecule has 0 radical (unpaired) electrons. The van der Waals surface area contributed by atoms with E-state index in [4.69, 9.17) is 6.42 Å². The highest BCUT2D eigenvalue weighted by molar-refractivity contribution is 4.88. The lowest BCUT2D eigenvalue weighted by molar-refractivity contribution is 0.185. The van der Waals surface area contributed by atoms with Crippen molar-refractivity contribution in [1.29, 1.82) is 0 Å². The summed E-state index contributed by atoms with van der Waals surface area (Å²) in [6.07, 6.45) is 9.20. The van der Waals surface area contributed by atoms with Crippen molar-refractivity contribution in [3.05, 3.63) is 0 Å². The minimum Gasteiger partial charge on any atom is -0.305 e. The van der Waals surface area contributed by atoms with Gasteiger partial charge in [-0.2, -0.15) is 0 Å². The molecule has 0 saturated carbocycles.